The molecule has 5 rings (SSSR count). The highest BCUT2D eigenvalue weighted by Gasteiger charge is 2.28. The lowest BCUT2D eigenvalue weighted by molar-refractivity contribution is 0.228. The summed E-state index contributed by atoms with van der Waals surface area (Å²) in [6.07, 6.45) is 19.2. The van der Waals surface area contributed by atoms with Gasteiger partial charge in [0.2, 0.25) is 0 Å². The number of aromatic nitrogens is 2. The van der Waals surface area contributed by atoms with Crippen molar-refractivity contribution in [2.45, 2.75) is 51.1 Å². The molecule has 0 saturated heterocycles. The van der Waals surface area contributed by atoms with Gasteiger partial charge in [-0.15, -0.1) is 0 Å². The zero-order chi connectivity index (χ0) is 20.3. The van der Waals surface area contributed by atoms with E-state index >= 15 is 0 Å². The largest absolute Gasteiger partial charge is 0.307 e. The number of nitrogens with zero attached hydrogens (tertiary/aromatic N) is 2. The Morgan fingerprint density at radius 3 is 2.83 bits per heavy atom. The Kier molecular flexibility index (Phi) is 5.54. The monoisotopic (exact) mass is 397 g/mol. The molecule has 0 bridgehead atoms. The fraction of sp³-hybridized carbons (Fsp3) is 0.370. The smallest absolute Gasteiger partial charge is 0.0991 e. The molecule has 2 aliphatic rings. The summed E-state index contributed by atoms with van der Waals surface area (Å²) in [6.45, 7) is 2.33. The van der Waals surface area contributed by atoms with Gasteiger partial charge in [-0.3, -0.25) is 0 Å². The van der Waals surface area contributed by atoms with Gasteiger partial charge in [0.1, 0.15) is 0 Å². The van der Waals surface area contributed by atoms with Crippen molar-refractivity contribution in [1.29, 1.82) is 0 Å². The van der Waals surface area contributed by atoms with Crippen LogP contribution in [0.3, 0.4) is 0 Å². The predicted octanol–water partition coefficient (Wildman–Crippen LogP) is 6.36. The number of imidazole rings is 1. The van der Waals surface area contributed by atoms with Crippen LogP contribution in [0.1, 0.15) is 50.6 Å². The molecular weight excluding hydrogens is 366 g/mol. The third-order valence-corrected chi connectivity index (χ3v) is 7.01. The second-order valence-corrected chi connectivity index (χ2v) is 8.94. The molecule has 2 aromatic carbocycles. The lowest BCUT2D eigenvalue weighted by Crippen LogP contribution is -2.37. The molecule has 2 aliphatic carbocycles. The van der Waals surface area contributed by atoms with Gasteiger partial charge in [0.15, 0.2) is 0 Å². The Balaban J connectivity index is 1.23. The second-order valence-electron chi connectivity index (χ2n) is 8.94. The highest BCUT2D eigenvalue weighted by molar-refractivity contribution is 5.86. The predicted molar refractivity (Wildman–Crippen MR) is 125 cm³/mol. The number of allylic oxidation sites excluding steroid dienone is 4. The van der Waals surface area contributed by atoms with Crippen molar-refractivity contribution in [1.82, 2.24) is 14.9 Å². The Labute approximate surface area is 179 Å². The molecule has 1 aromatic heterocycles. The number of benzene rings is 2. The molecule has 0 amide bonds. The van der Waals surface area contributed by atoms with E-state index in [4.69, 9.17) is 0 Å². The molecule has 154 valence electrons. The van der Waals surface area contributed by atoms with Crippen LogP contribution in [0.15, 0.2) is 79.4 Å². The standard InChI is InChI=1S/C27H31N3/c1-20(26-11-5-7-22-6-2-3-10-27(22)26)29-24-9-4-8-23(18-24)21-12-14-25(15-13-21)30-17-16-28-19-30/h2-3,5-7,10-12,14-17,19-21,23-24,29H,4,8-9,13,18H2,1H3/t20-,21?,23+,24?/m1/s1. The summed E-state index contributed by atoms with van der Waals surface area (Å²) in [7, 11) is 0. The van der Waals surface area contributed by atoms with Crippen LogP contribution in [-0.4, -0.2) is 15.6 Å². The van der Waals surface area contributed by atoms with Gasteiger partial charge in [0.25, 0.3) is 0 Å². The minimum absolute atomic E-state index is 0.370. The van der Waals surface area contributed by atoms with Crippen molar-refractivity contribution in [2.75, 3.05) is 0 Å². The first-order valence-corrected chi connectivity index (χ1v) is 11.4. The summed E-state index contributed by atoms with van der Waals surface area (Å²) in [5, 5.41) is 6.68. The molecule has 3 nitrogen and oxygen atoms in total. The molecule has 4 atom stereocenters. The van der Waals surface area contributed by atoms with Crippen LogP contribution < -0.4 is 5.32 Å². The summed E-state index contributed by atoms with van der Waals surface area (Å²) in [5.41, 5.74) is 2.67. The Bertz CT molecular complexity index is 1040. The van der Waals surface area contributed by atoms with Crippen LogP contribution in [0.5, 0.6) is 0 Å². The van der Waals surface area contributed by atoms with Crippen molar-refractivity contribution in [2.24, 2.45) is 11.8 Å². The van der Waals surface area contributed by atoms with Crippen molar-refractivity contribution in [3.05, 3.63) is 85.0 Å². The van der Waals surface area contributed by atoms with Gasteiger partial charge in [0.05, 0.1) is 6.33 Å². The first kappa shape index (κ1) is 19.3. The highest BCUT2D eigenvalue weighted by Crippen LogP contribution is 2.36. The van der Waals surface area contributed by atoms with Gasteiger partial charge in [-0.2, -0.15) is 0 Å². The van der Waals surface area contributed by atoms with Crippen LogP contribution in [0.4, 0.5) is 0 Å². The summed E-state index contributed by atoms with van der Waals surface area (Å²) in [6, 6.07) is 16.4. The van der Waals surface area contributed by atoms with Crippen molar-refractivity contribution >= 4 is 16.5 Å². The first-order valence-electron chi connectivity index (χ1n) is 11.4. The number of hydrogen-bond donors (Lipinski definition) is 1. The van der Waals surface area contributed by atoms with Gasteiger partial charge in [-0.05, 0) is 66.9 Å². The van der Waals surface area contributed by atoms with Crippen LogP contribution in [-0.2, 0) is 0 Å². The lowest BCUT2D eigenvalue weighted by Gasteiger charge is -2.36. The third-order valence-electron chi connectivity index (χ3n) is 7.01. The maximum Gasteiger partial charge on any atom is 0.0991 e. The number of nitrogens with one attached hydrogen (secondary N) is 1. The average molecular weight is 398 g/mol. The molecule has 0 radical (unpaired) electrons. The van der Waals surface area contributed by atoms with Crippen LogP contribution >= 0.6 is 0 Å². The summed E-state index contributed by atoms with van der Waals surface area (Å²) < 4.78 is 2.10. The minimum atomic E-state index is 0.370. The van der Waals surface area contributed by atoms with E-state index in [1.165, 1.54) is 47.7 Å². The van der Waals surface area contributed by atoms with Crippen LogP contribution in [0, 0.1) is 11.8 Å². The normalized spacial score (nSPS) is 25.2. The first-order chi connectivity index (χ1) is 14.8. The van der Waals surface area contributed by atoms with E-state index in [9.17, 15) is 0 Å². The number of fused-ring (bicyclic) bond motifs is 1. The molecule has 0 spiro atoms. The van der Waals surface area contributed by atoms with Crippen molar-refractivity contribution < 1.29 is 0 Å². The number of hydrogen-bond acceptors (Lipinski definition) is 2. The van der Waals surface area contributed by atoms with E-state index in [0.717, 1.165) is 12.3 Å². The average Bonchev–Trinajstić information content (AvgIpc) is 3.34. The van der Waals surface area contributed by atoms with Gasteiger partial charge in [-0.25, -0.2) is 4.98 Å². The Morgan fingerprint density at radius 2 is 2.00 bits per heavy atom. The van der Waals surface area contributed by atoms with E-state index in [0.29, 0.717) is 18.0 Å². The fourth-order valence-corrected chi connectivity index (χ4v) is 5.42. The quantitative estimate of drug-likeness (QED) is 0.543. The van der Waals surface area contributed by atoms with E-state index in [1.54, 1.807) is 0 Å². The molecule has 1 N–H and O–H groups in total. The van der Waals surface area contributed by atoms with E-state index in [-0.39, 0.29) is 0 Å². The van der Waals surface area contributed by atoms with Gasteiger partial charge in [0, 0.05) is 30.2 Å². The minimum Gasteiger partial charge on any atom is -0.307 e. The maximum atomic E-state index is 4.17. The molecule has 0 aliphatic heterocycles. The molecule has 3 heteroatoms. The molecule has 30 heavy (non-hydrogen) atoms. The summed E-state index contributed by atoms with van der Waals surface area (Å²) in [4.78, 5) is 4.17. The molecule has 1 heterocycles. The molecule has 1 fully saturated rings. The van der Waals surface area contributed by atoms with Gasteiger partial charge < -0.3 is 9.88 Å². The third kappa shape index (κ3) is 3.99. The second kappa shape index (κ2) is 8.61. The van der Waals surface area contributed by atoms with Crippen molar-refractivity contribution in [3.8, 4) is 0 Å². The highest BCUT2D eigenvalue weighted by atomic mass is 15.0. The maximum absolute atomic E-state index is 4.17. The topological polar surface area (TPSA) is 29.9 Å². The molecule has 3 aromatic rings. The zero-order valence-corrected chi connectivity index (χ0v) is 17.7. The molecule has 2 unspecified atom stereocenters. The van der Waals surface area contributed by atoms with Gasteiger partial charge >= 0.3 is 0 Å². The summed E-state index contributed by atoms with van der Waals surface area (Å²) >= 11 is 0. The lowest BCUT2D eigenvalue weighted by atomic mass is 9.75. The molecule has 1 saturated carbocycles. The Hall–Kier alpha value is -2.65. The van der Waals surface area contributed by atoms with E-state index in [2.05, 4.69) is 82.5 Å². The Morgan fingerprint density at radius 1 is 1.10 bits per heavy atom. The summed E-state index contributed by atoms with van der Waals surface area (Å²) in [5.74, 6) is 1.43. The van der Waals surface area contributed by atoms with E-state index < -0.39 is 0 Å². The number of rotatable bonds is 5. The SMILES string of the molecule is C[C@@H](NC1CCC[C@H](C2C=CC(n3ccnc3)=CC2)C1)c1cccc2ccccc12. The van der Waals surface area contributed by atoms with E-state index in [1.807, 2.05) is 18.7 Å². The van der Waals surface area contributed by atoms with Crippen LogP contribution in [0.25, 0.3) is 16.5 Å². The van der Waals surface area contributed by atoms with Crippen LogP contribution in [0.2, 0.25) is 0 Å². The fourth-order valence-electron chi connectivity index (χ4n) is 5.42. The molecular formula is C27H31N3. The zero-order valence-electron chi connectivity index (χ0n) is 17.7. The van der Waals surface area contributed by atoms with Crippen molar-refractivity contribution in [3.63, 3.8) is 0 Å². The van der Waals surface area contributed by atoms with Gasteiger partial charge in [-0.1, -0.05) is 61.0 Å².